The topological polar surface area (TPSA) is 99.3 Å². The SMILES string of the molecule is CNCC(=O)N(C)c1n[nH]c2ccc(-c3cnc(N4CCOCC4)nc3)cc12. The molecule has 9 heteroatoms. The summed E-state index contributed by atoms with van der Waals surface area (Å²) in [5.41, 5.74) is 2.75. The predicted molar refractivity (Wildman–Crippen MR) is 107 cm³/mol. The maximum absolute atomic E-state index is 12.2. The van der Waals surface area contributed by atoms with Crippen LogP contribution >= 0.6 is 0 Å². The Balaban J connectivity index is 1.62. The molecule has 9 nitrogen and oxygen atoms in total. The molecule has 2 aromatic heterocycles. The molecule has 0 atom stereocenters. The number of fused-ring (bicyclic) bond motifs is 1. The van der Waals surface area contributed by atoms with Gasteiger partial charge in [0.05, 0.1) is 25.3 Å². The van der Waals surface area contributed by atoms with Crippen LogP contribution < -0.4 is 15.1 Å². The van der Waals surface area contributed by atoms with Gasteiger partial charge in [0.15, 0.2) is 5.82 Å². The van der Waals surface area contributed by atoms with Gasteiger partial charge in [0.2, 0.25) is 11.9 Å². The number of likely N-dealkylation sites (N-methyl/N-ethyl adjacent to an activating group) is 2. The first-order valence-electron chi connectivity index (χ1n) is 9.22. The van der Waals surface area contributed by atoms with Gasteiger partial charge in [0.25, 0.3) is 0 Å². The van der Waals surface area contributed by atoms with Gasteiger partial charge in [-0.15, -0.1) is 0 Å². The summed E-state index contributed by atoms with van der Waals surface area (Å²) in [5.74, 6) is 1.26. The van der Waals surface area contributed by atoms with Crippen molar-refractivity contribution in [2.24, 2.45) is 0 Å². The van der Waals surface area contributed by atoms with Crippen molar-refractivity contribution in [1.82, 2.24) is 25.5 Å². The number of nitrogens with one attached hydrogen (secondary N) is 2. The van der Waals surface area contributed by atoms with Crippen LogP contribution in [0.25, 0.3) is 22.0 Å². The molecule has 1 aliphatic rings. The molecule has 3 heterocycles. The molecular weight excluding hydrogens is 358 g/mol. The van der Waals surface area contributed by atoms with Gasteiger partial charge >= 0.3 is 0 Å². The van der Waals surface area contributed by atoms with Crippen LogP contribution in [0.2, 0.25) is 0 Å². The number of carbonyl (C=O) groups is 1. The van der Waals surface area contributed by atoms with E-state index in [0.29, 0.717) is 19.0 Å². The number of nitrogens with zero attached hydrogens (tertiary/aromatic N) is 5. The predicted octanol–water partition coefficient (Wildman–Crippen LogP) is 1.04. The summed E-state index contributed by atoms with van der Waals surface area (Å²) in [4.78, 5) is 24.9. The lowest BCUT2D eigenvalue weighted by Crippen LogP contribution is -2.37. The van der Waals surface area contributed by atoms with Crippen LogP contribution in [0.5, 0.6) is 0 Å². The summed E-state index contributed by atoms with van der Waals surface area (Å²) >= 11 is 0. The van der Waals surface area contributed by atoms with Crippen molar-refractivity contribution in [2.75, 3.05) is 56.7 Å². The molecule has 0 radical (unpaired) electrons. The lowest BCUT2D eigenvalue weighted by molar-refractivity contribution is -0.117. The first-order valence-corrected chi connectivity index (χ1v) is 9.22. The Kier molecular flexibility index (Phi) is 5.18. The van der Waals surface area contributed by atoms with E-state index in [1.165, 1.54) is 0 Å². The molecule has 1 fully saturated rings. The number of aromatic nitrogens is 4. The van der Waals surface area contributed by atoms with Gasteiger partial charge in [-0.3, -0.25) is 14.8 Å². The number of anilines is 2. The Morgan fingerprint density at radius 2 is 2.00 bits per heavy atom. The average Bonchev–Trinajstić information content (AvgIpc) is 3.17. The second kappa shape index (κ2) is 7.91. The summed E-state index contributed by atoms with van der Waals surface area (Å²) in [6.07, 6.45) is 3.66. The lowest BCUT2D eigenvalue weighted by Gasteiger charge is -2.26. The van der Waals surface area contributed by atoms with E-state index in [2.05, 4.69) is 30.4 Å². The zero-order valence-electron chi connectivity index (χ0n) is 16.0. The zero-order chi connectivity index (χ0) is 19.5. The van der Waals surface area contributed by atoms with Gasteiger partial charge in [0, 0.05) is 43.5 Å². The van der Waals surface area contributed by atoms with Crippen molar-refractivity contribution in [3.63, 3.8) is 0 Å². The molecule has 0 spiro atoms. The fourth-order valence-electron chi connectivity index (χ4n) is 3.22. The van der Waals surface area contributed by atoms with Crippen molar-refractivity contribution in [3.8, 4) is 11.1 Å². The maximum Gasteiger partial charge on any atom is 0.241 e. The minimum atomic E-state index is -0.0560. The second-order valence-electron chi connectivity index (χ2n) is 6.66. The third-order valence-electron chi connectivity index (χ3n) is 4.83. The van der Waals surface area contributed by atoms with Crippen molar-refractivity contribution in [3.05, 3.63) is 30.6 Å². The molecule has 0 aliphatic carbocycles. The highest BCUT2D eigenvalue weighted by Gasteiger charge is 2.17. The van der Waals surface area contributed by atoms with E-state index >= 15 is 0 Å². The zero-order valence-corrected chi connectivity index (χ0v) is 16.0. The largest absolute Gasteiger partial charge is 0.378 e. The molecule has 2 N–H and O–H groups in total. The molecule has 1 aromatic carbocycles. The van der Waals surface area contributed by atoms with Crippen molar-refractivity contribution < 1.29 is 9.53 Å². The summed E-state index contributed by atoms with van der Waals surface area (Å²) in [5, 5.41) is 11.0. The van der Waals surface area contributed by atoms with Crippen LogP contribution in [0, 0.1) is 0 Å². The molecule has 28 heavy (non-hydrogen) atoms. The first kappa shape index (κ1) is 18.3. The fraction of sp³-hybridized carbons (Fsp3) is 0.368. The minimum absolute atomic E-state index is 0.0560. The quantitative estimate of drug-likeness (QED) is 0.681. The summed E-state index contributed by atoms with van der Waals surface area (Å²) in [7, 11) is 3.47. The van der Waals surface area contributed by atoms with Gasteiger partial charge in [-0.1, -0.05) is 6.07 Å². The molecule has 146 valence electrons. The van der Waals surface area contributed by atoms with Crippen molar-refractivity contribution in [1.29, 1.82) is 0 Å². The van der Waals surface area contributed by atoms with Crippen LogP contribution in [0.3, 0.4) is 0 Å². The molecule has 1 amide bonds. The van der Waals surface area contributed by atoms with E-state index in [4.69, 9.17) is 4.74 Å². The molecule has 1 aliphatic heterocycles. The third-order valence-corrected chi connectivity index (χ3v) is 4.83. The number of hydrogen-bond donors (Lipinski definition) is 2. The Labute approximate surface area is 162 Å². The van der Waals surface area contributed by atoms with E-state index in [-0.39, 0.29) is 12.5 Å². The number of ether oxygens (including phenoxy) is 1. The molecule has 3 aromatic rings. The summed E-state index contributed by atoms with van der Waals surface area (Å²) in [6, 6.07) is 5.95. The average molecular weight is 381 g/mol. The Hall–Kier alpha value is -3.04. The number of rotatable bonds is 5. The van der Waals surface area contributed by atoms with Crippen LogP contribution in [0.4, 0.5) is 11.8 Å². The van der Waals surface area contributed by atoms with Gasteiger partial charge in [0.1, 0.15) is 0 Å². The van der Waals surface area contributed by atoms with Gasteiger partial charge in [-0.25, -0.2) is 9.97 Å². The highest BCUT2D eigenvalue weighted by Crippen LogP contribution is 2.29. The molecular formula is C19H23N7O2. The first-order chi connectivity index (χ1) is 13.7. The molecule has 0 bridgehead atoms. The standard InChI is InChI=1S/C19H23N7O2/c1-20-12-17(27)25(2)18-15-9-13(3-4-16(15)23-24-18)14-10-21-19(22-11-14)26-5-7-28-8-6-26/h3-4,9-11,20H,5-8,12H2,1-2H3,(H,23,24). The summed E-state index contributed by atoms with van der Waals surface area (Å²) < 4.78 is 5.37. The number of hydrogen-bond acceptors (Lipinski definition) is 7. The second-order valence-corrected chi connectivity index (χ2v) is 6.66. The normalized spacial score (nSPS) is 14.4. The number of carbonyl (C=O) groups excluding carboxylic acids is 1. The minimum Gasteiger partial charge on any atom is -0.378 e. The van der Waals surface area contributed by atoms with E-state index in [9.17, 15) is 4.79 Å². The van der Waals surface area contributed by atoms with Crippen LogP contribution in [0.15, 0.2) is 30.6 Å². The molecule has 0 unspecified atom stereocenters. The molecule has 4 rings (SSSR count). The Morgan fingerprint density at radius 1 is 1.25 bits per heavy atom. The molecule has 0 saturated carbocycles. The van der Waals surface area contributed by atoms with Crippen molar-refractivity contribution in [2.45, 2.75) is 0 Å². The van der Waals surface area contributed by atoms with E-state index in [0.717, 1.165) is 41.1 Å². The fourth-order valence-corrected chi connectivity index (χ4v) is 3.22. The van der Waals surface area contributed by atoms with Crippen LogP contribution in [0.1, 0.15) is 0 Å². The number of amides is 1. The van der Waals surface area contributed by atoms with Crippen molar-refractivity contribution >= 4 is 28.6 Å². The highest BCUT2D eigenvalue weighted by molar-refractivity contribution is 6.02. The Bertz CT molecular complexity index is 964. The van der Waals surface area contributed by atoms with E-state index < -0.39 is 0 Å². The molecule has 1 saturated heterocycles. The van der Waals surface area contributed by atoms with Gasteiger partial charge in [-0.2, -0.15) is 5.10 Å². The Morgan fingerprint density at radius 3 is 2.71 bits per heavy atom. The van der Waals surface area contributed by atoms with Gasteiger partial charge in [-0.05, 0) is 24.7 Å². The van der Waals surface area contributed by atoms with E-state index in [1.54, 1.807) is 19.0 Å². The van der Waals surface area contributed by atoms with Crippen LogP contribution in [-0.4, -0.2) is 73.0 Å². The number of morpholine rings is 1. The number of H-pyrrole nitrogens is 1. The van der Waals surface area contributed by atoms with Crippen LogP contribution in [-0.2, 0) is 9.53 Å². The highest BCUT2D eigenvalue weighted by atomic mass is 16.5. The van der Waals surface area contributed by atoms with E-state index in [1.807, 2.05) is 30.6 Å². The number of aromatic amines is 1. The number of benzene rings is 1. The summed E-state index contributed by atoms with van der Waals surface area (Å²) in [6.45, 7) is 3.25. The monoisotopic (exact) mass is 381 g/mol. The smallest absolute Gasteiger partial charge is 0.241 e. The third kappa shape index (κ3) is 3.54. The van der Waals surface area contributed by atoms with Gasteiger partial charge < -0.3 is 15.0 Å². The maximum atomic E-state index is 12.2. The lowest BCUT2D eigenvalue weighted by atomic mass is 10.1.